The lowest BCUT2D eigenvalue weighted by molar-refractivity contribution is -0.187. The first-order valence-corrected chi connectivity index (χ1v) is 6.70. The van der Waals surface area contributed by atoms with E-state index >= 15 is 0 Å². The monoisotopic (exact) mass is 285 g/mol. The minimum Gasteiger partial charge on any atom is -0.342 e. The summed E-state index contributed by atoms with van der Waals surface area (Å²) in [6, 6.07) is -0.148. The summed E-state index contributed by atoms with van der Waals surface area (Å²) in [7, 11) is 1.60. The van der Waals surface area contributed by atoms with E-state index in [-0.39, 0.29) is 30.7 Å². The first-order valence-electron chi connectivity index (χ1n) is 6.16. The Bertz CT molecular complexity index is 296. The van der Waals surface area contributed by atoms with Crippen LogP contribution in [-0.4, -0.2) is 36.0 Å². The van der Waals surface area contributed by atoms with Crippen molar-refractivity contribution >= 4 is 17.5 Å². The van der Waals surface area contributed by atoms with Crippen molar-refractivity contribution < 1.29 is 18.0 Å². The number of halogens is 4. The number of carbonyl (C=O) groups excluding carboxylic acids is 1. The molecule has 0 aliphatic heterocycles. The summed E-state index contributed by atoms with van der Waals surface area (Å²) in [6.45, 7) is 1.79. The summed E-state index contributed by atoms with van der Waals surface area (Å²) < 4.78 is 38.0. The van der Waals surface area contributed by atoms with Gasteiger partial charge in [0, 0.05) is 24.9 Å². The average molecular weight is 286 g/mol. The minimum absolute atomic E-state index is 0.0817. The quantitative estimate of drug-likeness (QED) is 0.728. The van der Waals surface area contributed by atoms with Crippen LogP contribution in [0.15, 0.2) is 0 Å². The molecule has 0 N–H and O–H groups in total. The molecule has 0 saturated heterocycles. The number of rotatable bonds is 3. The van der Waals surface area contributed by atoms with E-state index in [9.17, 15) is 18.0 Å². The molecule has 2 nitrogen and oxygen atoms in total. The molecule has 1 aliphatic carbocycles. The van der Waals surface area contributed by atoms with Gasteiger partial charge < -0.3 is 4.90 Å². The lowest BCUT2D eigenvalue weighted by Gasteiger charge is -2.33. The van der Waals surface area contributed by atoms with E-state index in [1.165, 1.54) is 4.90 Å². The average Bonchev–Trinajstić information content (AvgIpc) is 2.35. The third-order valence-electron chi connectivity index (χ3n) is 3.72. The number of hydrogen-bond acceptors (Lipinski definition) is 1. The van der Waals surface area contributed by atoms with E-state index in [4.69, 9.17) is 11.6 Å². The molecule has 0 spiro atoms. The van der Waals surface area contributed by atoms with Crippen molar-refractivity contribution in [2.75, 3.05) is 12.9 Å². The molecule has 0 bridgehead atoms. The van der Waals surface area contributed by atoms with E-state index in [0.29, 0.717) is 12.8 Å². The Balaban J connectivity index is 2.64. The van der Waals surface area contributed by atoms with E-state index in [1.807, 2.05) is 0 Å². The summed E-state index contributed by atoms with van der Waals surface area (Å²) in [6.07, 6.45) is -3.12. The number of hydrogen-bond donors (Lipinski definition) is 0. The zero-order valence-corrected chi connectivity index (χ0v) is 11.4. The van der Waals surface area contributed by atoms with E-state index in [0.717, 1.165) is 0 Å². The van der Waals surface area contributed by atoms with Gasteiger partial charge in [0.1, 0.15) is 0 Å². The fourth-order valence-electron chi connectivity index (χ4n) is 2.32. The molecule has 1 saturated carbocycles. The second kappa shape index (κ2) is 6.13. The normalized spacial score (nSPS) is 26.8. The Morgan fingerprint density at radius 2 is 2.06 bits per heavy atom. The molecule has 3 atom stereocenters. The molecular weight excluding hydrogens is 267 g/mol. The Morgan fingerprint density at radius 1 is 1.44 bits per heavy atom. The first kappa shape index (κ1) is 15.6. The minimum atomic E-state index is -4.18. The van der Waals surface area contributed by atoms with Gasteiger partial charge in [-0.3, -0.25) is 4.79 Å². The lowest BCUT2D eigenvalue weighted by atomic mass is 9.80. The van der Waals surface area contributed by atoms with Crippen LogP contribution >= 0.6 is 11.6 Å². The largest absolute Gasteiger partial charge is 0.391 e. The number of alkyl halides is 4. The standard InChI is InChI=1S/C12H19ClF3NO/c1-8(7-13)17(2)11(18)9-4-3-5-10(6-9)12(14,15)16/h8-10H,3-7H2,1-2H3. The molecule has 1 amide bonds. The second-order valence-electron chi connectivity index (χ2n) is 5.05. The Morgan fingerprint density at radius 3 is 2.56 bits per heavy atom. The van der Waals surface area contributed by atoms with Crippen LogP contribution in [0, 0.1) is 11.8 Å². The Kier molecular flexibility index (Phi) is 5.32. The zero-order valence-electron chi connectivity index (χ0n) is 10.6. The molecule has 0 aromatic carbocycles. The molecule has 18 heavy (non-hydrogen) atoms. The summed E-state index contributed by atoms with van der Waals surface area (Å²) in [5.74, 6) is -1.77. The van der Waals surface area contributed by atoms with Crippen molar-refractivity contribution in [3.63, 3.8) is 0 Å². The van der Waals surface area contributed by atoms with Crippen LogP contribution in [0.25, 0.3) is 0 Å². The predicted octanol–water partition coefficient (Wildman–Crippen LogP) is 3.44. The topological polar surface area (TPSA) is 20.3 Å². The van der Waals surface area contributed by atoms with Gasteiger partial charge in [-0.1, -0.05) is 6.42 Å². The molecule has 0 heterocycles. The van der Waals surface area contributed by atoms with Gasteiger partial charge in [-0.15, -0.1) is 11.6 Å². The first-order chi connectivity index (χ1) is 8.27. The van der Waals surface area contributed by atoms with Crippen LogP contribution in [0.1, 0.15) is 32.6 Å². The molecule has 0 aromatic heterocycles. The van der Waals surface area contributed by atoms with E-state index in [1.54, 1.807) is 14.0 Å². The van der Waals surface area contributed by atoms with Gasteiger partial charge >= 0.3 is 6.18 Å². The highest BCUT2D eigenvalue weighted by Gasteiger charge is 2.44. The fraction of sp³-hybridized carbons (Fsp3) is 0.917. The summed E-state index contributed by atoms with van der Waals surface area (Å²) in [4.78, 5) is 13.5. The van der Waals surface area contributed by atoms with Crippen molar-refractivity contribution in [3.05, 3.63) is 0 Å². The molecule has 1 rings (SSSR count). The molecular formula is C12H19ClF3NO. The van der Waals surface area contributed by atoms with Crippen LogP contribution in [0.3, 0.4) is 0 Å². The van der Waals surface area contributed by atoms with Crippen LogP contribution in [0.2, 0.25) is 0 Å². The zero-order chi connectivity index (χ0) is 13.9. The van der Waals surface area contributed by atoms with Gasteiger partial charge in [-0.05, 0) is 26.2 Å². The lowest BCUT2D eigenvalue weighted by Crippen LogP contribution is -2.42. The van der Waals surface area contributed by atoms with Crippen LogP contribution in [-0.2, 0) is 4.79 Å². The Hall–Kier alpha value is -0.450. The molecule has 1 aliphatic rings. The highest BCUT2D eigenvalue weighted by atomic mass is 35.5. The molecule has 6 heteroatoms. The summed E-state index contributed by atoms with van der Waals surface area (Å²) in [5, 5.41) is 0. The molecule has 1 fully saturated rings. The molecule has 3 unspecified atom stereocenters. The van der Waals surface area contributed by atoms with Gasteiger partial charge in [-0.25, -0.2) is 0 Å². The highest BCUT2D eigenvalue weighted by molar-refractivity contribution is 6.18. The maximum Gasteiger partial charge on any atom is 0.391 e. The molecule has 0 aromatic rings. The SMILES string of the molecule is CC(CCl)N(C)C(=O)C1CCCC(C(F)(F)F)C1. The van der Waals surface area contributed by atoms with Gasteiger partial charge in [0.25, 0.3) is 0 Å². The Labute approximate surface area is 110 Å². The number of nitrogens with zero attached hydrogens (tertiary/aromatic N) is 1. The number of amides is 1. The number of carbonyl (C=O) groups is 1. The maximum absolute atomic E-state index is 12.7. The van der Waals surface area contributed by atoms with Gasteiger partial charge in [-0.2, -0.15) is 13.2 Å². The molecule has 106 valence electrons. The fourth-order valence-corrected chi connectivity index (χ4v) is 2.53. The second-order valence-corrected chi connectivity index (χ2v) is 5.36. The van der Waals surface area contributed by atoms with E-state index < -0.39 is 18.0 Å². The van der Waals surface area contributed by atoms with Crippen molar-refractivity contribution in [2.24, 2.45) is 11.8 Å². The van der Waals surface area contributed by atoms with Gasteiger partial charge in [0.15, 0.2) is 0 Å². The third kappa shape index (κ3) is 3.77. The smallest absolute Gasteiger partial charge is 0.342 e. The summed E-state index contributed by atoms with van der Waals surface area (Å²) >= 11 is 5.66. The maximum atomic E-state index is 12.7. The molecule has 0 radical (unpaired) electrons. The van der Waals surface area contributed by atoms with Crippen molar-refractivity contribution in [1.82, 2.24) is 4.90 Å². The van der Waals surface area contributed by atoms with Gasteiger partial charge in [0.05, 0.1) is 5.92 Å². The van der Waals surface area contributed by atoms with Crippen LogP contribution < -0.4 is 0 Å². The van der Waals surface area contributed by atoms with Crippen LogP contribution in [0.5, 0.6) is 0 Å². The van der Waals surface area contributed by atoms with Crippen molar-refractivity contribution in [3.8, 4) is 0 Å². The van der Waals surface area contributed by atoms with Crippen LogP contribution in [0.4, 0.5) is 13.2 Å². The predicted molar refractivity (Wildman–Crippen MR) is 64.5 cm³/mol. The van der Waals surface area contributed by atoms with E-state index in [2.05, 4.69) is 0 Å². The van der Waals surface area contributed by atoms with Gasteiger partial charge in [0.2, 0.25) is 5.91 Å². The van der Waals surface area contributed by atoms with Crippen molar-refractivity contribution in [2.45, 2.75) is 44.8 Å². The summed E-state index contributed by atoms with van der Waals surface area (Å²) in [5.41, 5.74) is 0. The third-order valence-corrected chi connectivity index (χ3v) is 4.17. The van der Waals surface area contributed by atoms with Crippen molar-refractivity contribution in [1.29, 1.82) is 0 Å². The highest BCUT2D eigenvalue weighted by Crippen LogP contribution is 2.40.